The van der Waals surface area contributed by atoms with Crippen LogP contribution < -0.4 is 21.3 Å². The zero-order chi connectivity index (χ0) is 58.3. The van der Waals surface area contributed by atoms with Crippen LogP contribution in [0, 0.1) is 62.0 Å². The average molecular weight is 1180 g/mol. The number of pyridine rings is 4. The van der Waals surface area contributed by atoms with Crippen molar-refractivity contribution in [2.24, 2.45) is 0 Å². The van der Waals surface area contributed by atoms with Gasteiger partial charge in [-0.2, -0.15) is 57.9 Å². The lowest BCUT2D eigenvalue weighted by atomic mass is 9.75. The van der Waals surface area contributed by atoms with E-state index in [0.717, 1.165) is 57.4 Å². The number of halogens is 2. The predicted molar refractivity (Wildman–Crippen MR) is 319 cm³/mol. The topological polar surface area (TPSA) is 293 Å². The van der Waals surface area contributed by atoms with Crippen LogP contribution in [0.2, 0.25) is 0 Å². The molecule has 0 aromatic carbocycles. The number of carbonyl (C=O) groups is 2. The summed E-state index contributed by atoms with van der Waals surface area (Å²) < 4.78 is 41.0. The van der Waals surface area contributed by atoms with E-state index in [2.05, 4.69) is 74.0 Å². The Morgan fingerprint density at radius 2 is 1.00 bits per heavy atom. The number of nitriles is 2. The Labute approximate surface area is 498 Å². The molecule has 26 heteroatoms. The van der Waals surface area contributed by atoms with Gasteiger partial charge in [-0.1, -0.05) is 12.1 Å². The third-order valence-electron chi connectivity index (χ3n) is 15.4. The number of nitrogens with one attached hydrogen (secondary N) is 6. The normalized spacial score (nSPS) is 18.9. The third kappa shape index (κ3) is 14.1. The molecule has 0 bridgehead atoms. The lowest BCUT2D eigenvalue weighted by molar-refractivity contribution is -0.149. The van der Waals surface area contributed by atoms with Crippen molar-refractivity contribution in [2.75, 3.05) is 24.9 Å². The molecule has 8 aromatic heterocycles. The van der Waals surface area contributed by atoms with E-state index in [1.807, 2.05) is 77.9 Å². The van der Waals surface area contributed by atoms with Crippen LogP contribution in [0.4, 0.5) is 32.1 Å². The number of nitrogens with zero attached hydrogens (tertiary/aromatic N) is 12. The van der Waals surface area contributed by atoms with Crippen molar-refractivity contribution in [3.63, 3.8) is 0 Å². The lowest BCUT2D eigenvalue weighted by Gasteiger charge is -2.38. The molecular weight excluding hydrogens is 1110 g/mol. The second-order valence-electron chi connectivity index (χ2n) is 21.0. The first-order valence-electron chi connectivity index (χ1n) is 26.9. The summed E-state index contributed by atoms with van der Waals surface area (Å²) in [7, 11) is 3.12. The average Bonchev–Trinajstić information content (AvgIpc) is 2.88. The first-order valence-corrected chi connectivity index (χ1v) is 26.9. The molecule has 2 aliphatic rings. The Morgan fingerprint density at radius 3 is 1.29 bits per heavy atom. The number of amides is 2. The van der Waals surface area contributed by atoms with E-state index in [0.29, 0.717) is 97.4 Å². The molecule has 10 rings (SSSR count). The minimum atomic E-state index is -0.991. The number of aromatic nitrogens is 12. The minimum absolute atomic E-state index is 0. The summed E-state index contributed by atoms with van der Waals surface area (Å²) in [6, 6.07) is 18.5. The molecule has 0 unspecified atom stereocenters. The Bertz CT molecular complexity index is 3410. The van der Waals surface area contributed by atoms with Gasteiger partial charge in [-0.3, -0.25) is 19.8 Å². The molecular formula is C58H68F2N18O4S2. The second-order valence-corrected chi connectivity index (χ2v) is 21.0. The highest BCUT2D eigenvalue weighted by molar-refractivity contribution is 7.59. The highest BCUT2D eigenvalue weighted by atomic mass is 32.1. The zero-order valence-electron chi connectivity index (χ0n) is 47.8. The molecule has 84 heavy (non-hydrogen) atoms. The van der Waals surface area contributed by atoms with E-state index in [4.69, 9.17) is 19.4 Å². The fourth-order valence-electron chi connectivity index (χ4n) is 10.6. The van der Waals surface area contributed by atoms with E-state index in [1.165, 1.54) is 21.8 Å². The summed E-state index contributed by atoms with van der Waals surface area (Å²) in [5.41, 5.74) is 5.71. The molecule has 0 saturated heterocycles. The van der Waals surface area contributed by atoms with Crippen LogP contribution in [0.5, 0.6) is 0 Å². The number of H-pyrrole nitrogens is 2. The number of aromatic amines is 2. The van der Waals surface area contributed by atoms with Crippen molar-refractivity contribution >= 4 is 62.1 Å². The number of carbonyl (C=O) groups excluding carboxylic acids is 2. The summed E-state index contributed by atoms with van der Waals surface area (Å²) in [4.78, 5) is 45.3. The van der Waals surface area contributed by atoms with Crippen molar-refractivity contribution in [1.29, 1.82) is 10.5 Å². The molecule has 2 aliphatic carbocycles. The smallest absolute Gasteiger partial charge is 0.252 e. The lowest BCUT2D eigenvalue weighted by Crippen LogP contribution is -2.50. The summed E-state index contributed by atoms with van der Waals surface area (Å²) >= 11 is 0. The van der Waals surface area contributed by atoms with Gasteiger partial charge >= 0.3 is 0 Å². The number of aryl methyl sites for hydroxylation is 4. The van der Waals surface area contributed by atoms with Gasteiger partial charge in [-0.05, 0) is 139 Å². The third-order valence-corrected chi connectivity index (χ3v) is 15.4. The Kier molecular flexibility index (Phi) is 20.4. The van der Waals surface area contributed by atoms with Crippen molar-refractivity contribution < 1.29 is 27.8 Å². The maximum Gasteiger partial charge on any atom is 0.252 e. The van der Waals surface area contributed by atoms with E-state index in [1.54, 1.807) is 38.7 Å². The van der Waals surface area contributed by atoms with Crippen molar-refractivity contribution in [3.8, 4) is 23.8 Å². The van der Waals surface area contributed by atoms with Gasteiger partial charge in [0.15, 0.2) is 34.9 Å². The van der Waals surface area contributed by atoms with Crippen LogP contribution >= 0.6 is 27.0 Å². The molecule has 0 spiro atoms. The molecule has 6 N–H and O–H groups in total. The Morgan fingerprint density at radius 1 is 0.619 bits per heavy atom. The maximum absolute atomic E-state index is 13.5. The minimum Gasteiger partial charge on any atom is -0.368 e. The second kappa shape index (κ2) is 27.2. The summed E-state index contributed by atoms with van der Waals surface area (Å²) in [5.74, 6) is 2.22. The van der Waals surface area contributed by atoms with Crippen LogP contribution in [0.3, 0.4) is 0 Å². The first-order chi connectivity index (χ1) is 39.4. The zero-order valence-corrected chi connectivity index (χ0v) is 49.8. The first kappa shape index (κ1) is 63.0. The fourth-order valence-corrected chi connectivity index (χ4v) is 10.6. The van der Waals surface area contributed by atoms with Crippen LogP contribution in [0.15, 0.2) is 85.7 Å². The monoisotopic (exact) mass is 1180 g/mol. The number of methoxy groups -OCH3 is 2. The molecule has 8 heterocycles. The molecule has 2 atom stereocenters. The molecule has 0 radical (unpaired) electrons. The molecule has 22 nitrogen and oxygen atoms in total. The van der Waals surface area contributed by atoms with Gasteiger partial charge in [0.2, 0.25) is 0 Å². The van der Waals surface area contributed by atoms with E-state index < -0.39 is 22.8 Å². The highest BCUT2D eigenvalue weighted by Gasteiger charge is 2.45. The van der Waals surface area contributed by atoms with Gasteiger partial charge < -0.3 is 30.7 Å². The summed E-state index contributed by atoms with van der Waals surface area (Å²) in [5, 5.41) is 54.4. The van der Waals surface area contributed by atoms with Gasteiger partial charge in [0.25, 0.3) is 11.8 Å². The SMILES string of the molecule is COC1(C(=O)N[C@@H](C)c2ccc(-n3cc(F)cn3)nc2)CCC(c2nc(Nc3cc(C)[nH]n3)cc(C)c2C#N)CC1.COC1(C(=O)N[C@@H](C)c2ccc(-n3cc(F)cn3)nc2)CCC(c2nc(Nc3cc(C)[nH]n3)cc(C)c2C#N)CC1.S.S. The fraction of sp³-hybridized carbons (Fsp3) is 0.379. The van der Waals surface area contributed by atoms with Crippen molar-refractivity contribution in [3.05, 3.63) is 154 Å². The van der Waals surface area contributed by atoms with Gasteiger partial charge in [0, 0.05) is 62.0 Å². The van der Waals surface area contributed by atoms with E-state index in [9.17, 15) is 28.9 Å². The van der Waals surface area contributed by atoms with Crippen molar-refractivity contribution in [2.45, 2.75) is 128 Å². The molecule has 8 aromatic rings. The van der Waals surface area contributed by atoms with Gasteiger partial charge in [0.1, 0.15) is 35.0 Å². The molecule has 2 fully saturated rings. The summed E-state index contributed by atoms with van der Waals surface area (Å²) in [6.45, 7) is 11.4. The number of hydrogen-bond acceptors (Lipinski definition) is 16. The Hall–Kier alpha value is -8.56. The van der Waals surface area contributed by atoms with Gasteiger partial charge in [-0.25, -0.2) is 38.1 Å². The van der Waals surface area contributed by atoms with Crippen LogP contribution in [-0.4, -0.2) is 97.1 Å². The maximum atomic E-state index is 13.5. The molecule has 440 valence electrons. The van der Waals surface area contributed by atoms with Crippen LogP contribution in [0.1, 0.15) is 145 Å². The van der Waals surface area contributed by atoms with Gasteiger partial charge in [-0.15, -0.1) is 0 Å². The molecule has 2 amide bonds. The van der Waals surface area contributed by atoms with Crippen molar-refractivity contribution in [1.82, 2.24) is 70.5 Å². The number of hydrogen-bond donors (Lipinski definition) is 6. The molecule has 2 saturated carbocycles. The summed E-state index contributed by atoms with van der Waals surface area (Å²) in [6.07, 6.45) is 12.5. The predicted octanol–water partition coefficient (Wildman–Crippen LogP) is 9.58. The van der Waals surface area contributed by atoms with E-state index in [-0.39, 0.29) is 62.7 Å². The Balaban J connectivity index is 0.000000235. The number of anilines is 4. The van der Waals surface area contributed by atoms with Gasteiger partial charge in [0.05, 0.1) is 59.4 Å². The molecule has 0 aliphatic heterocycles. The largest absolute Gasteiger partial charge is 0.368 e. The number of rotatable bonds is 16. The number of ether oxygens (including phenoxy) is 2. The van der Waals surface area contributed by atoms with E-state index >= 15 is 0 Å². The van der Waals surface area contributed by atoms with Crippen LogP contribution in [0.25, 0.3) is 11.6 Å². The standard InChI is InChI=1S/2C29H32FN9O2.2H2S/c2*1-17-11-24(35-25-12-18(2)37-38-25)36-27(23(17)13-31)20-7-9-29(41-4,10-8-20)28(40)34-19(3)21-5-6-26(32-14-21)39-16-22(30)15-33-39;;/h2*5-6,11-12,14-16,19-20H,7-10H2,1-4H3,(H,34,40)(H2,35,36,37,38);2*1H2/t2*19-,20?,29?;;/m00../s1. The van der Waals surface area contributed by atoms with Crippen LogP contribution in [-0.2, 0) is 19.1 Å². The quantitative estimate of drug-likeness (QED) is 0.0525. The highest BCUT2D eigenvalue weighted by Crippen LogP contribution is 2.43.